The van der Waals surface area contributed by atoms with Gasteiger partial charge in [0.2, 0.25) is 0 Å². The Morgan fingerprint density at radius 2 is 1.23 bits per heavy atom. The van der Waals surface area contributed by atoms with Crippen molar-refractivity contribution in [1.82, 2.24) is 0 Å². The maximum atomic E-state index is 9.00. The number of rotatable bonds is 12. The van der Waals surface area contributed by atoms with Crippen LogP contribution in [0, 0.1) is 0 Å². The Balaban J connectivity index is 0. The molecule has 2 heteroatoms. The summed E-state index contributed by atoms with van der Waals surface area (Å²) in [6, 6.07) is 0. The lowest BCUT2D eigenvalue weighted by Crippen LogP contribution is -1.78. The van der Waals surface area contributed by atoms with Crippen molar-refractivity contribution < 1.29 is 9.90 Å². The van der Waals surface area contributed by atoms with Gasteiger partial charge in [-0.15, -0.1) is 0 Å². The standard InChI is InChI=1S/C18H32.C2H4O2/c1-3-5-7-9-11-13-15-17-18-16-14-12-10-8-6-4-2;1-2(3)4/h5,7,11,13,17-18H,3-4,6,8-10,12,14-16H2,1-2H3;1H3,(H,3,4). The van der Waals surface area contributed by atoms with Crippen molar-refractivity contribution in [3.05, 3.63) is 36.5 Å². The van der Waals surface area contributed by atoms with Crippen LogP contribution in [0.3, 0.4) is 0 Å². The maximum Gasteiger partial charge on any atom is 0.300 e. The minimum absolute atomic E-state index is 0.833. The molecule has 0 atom stereocenters. The molecule has 0 rings (SSSR count). The Bertz CT molecular complexity index is 297. The van der Waals surface area contributed by atoms with E-state index in [1.807, 2.05) is 0 Å². The highest BCUT2D eigenvalue weighted by molar-refractivity contribution is 5.62. The third kappa shape index (κ3) is 31.2. The van der Waals surface area contributed by atoms with E-state index in [0.717, 1.165) is 26.2 Å². The van der Waals surface area contributed by atoms with Crippen LogP contribution in [0.1, 0.15) is 85.0 Å². The van der Waals surface area contributed by atoms with E-state index in [4.69, 9.17) is 9.90 Å². The van der Waals surface area contributed by atoms with Crippen molar-refractivity contribution in [3.63, 3.8) is 0 Å². The van der Waals surface area contributed by atoms with E-state index < -0.39 is 5.97 Å². The van der Waals surface area contributed by atoms with Crippen molar-refractivity contribution in [2.24, 2.45) is 0 Å². The Hall–Kier alpha value is -1.31. The molecular formula is C20H36O2. The molecule has 0 aliphatic rings. The van der Waals surface area contributed by atoms with Crippen LogP contribution in [0.25, 0.3) is 0 Å². The van der Waals surface area contributed by atoms with Crippen LogP contribution >= 0.6 is 0 Å². The fraction of sp³-hybridized carbons (Fsp3) is 0.650. The molecule has 0 aliphatic heterocycles. The number of hydrogen-bond acceptors (Lipinski definition) is 1. The molecular weight excluding hydrogens is 272 g/mol. The number of carboxylic acid groups (broad SMARTS) is 1. The van der Waals surface area contributed by atoms with E-state index in [-0.39, 0.29) is 0 Å². The number of carbonyl (C=O) groups is 1. The summed E-state index contributed by atoms with van der Waals surface area (Å²) in [5.41, 5.74) is 0. The summed E-state index contributed by atoms with van der Waals surface area (Å²) in [4.78, 5) is 9.00. The van der Waals surface area contributed by atoms with Gasteiger partial charge >= 0.3 is 0 Å². The summed E-state index contributed by atoms with van der Waals surface area (Å²) < 4.78 is 0. The molecule has 0 aromatic carbocycles. The molecule has 0 aromatic rings. The zero-order chi connectivity index (χ0) is 16.9. The van der Waals surface area contributed by atoms with Crippen LogP contribution in [-0.4, -0.2) is 11.1 Å². The summed E-state index contributed by atoms with van der Waals surface area (Å²) in [6.45, 7) is 5.53. The van der Waals surface area contributed by atoms with E-state index in [2.05, 4.69) is 50.3 Å². The van der Waals surface area contributed by atoms with Gasteiger partial charge in [0.05, 0.1) is 0 Å². The lowest BCUT2D eigenvalue weighted by atomic mass is 10.1. The molecule has 1 N–H and O–H groups in total. The Morgan fingerprint density at radius 3 is 1.77 bits per heavy atom. The van der Waals surface area contributed by atoms with Crippen molar-refractivity contribution in [2.45, 2.75) is 85.0 Å². The molecule has 128 valence electrons. The van der Waals surface area contributed by atoms with Gasteiger partial charge in [-0.05, 0) is 32.1 Å². The number of allylic oxidation sites excluding steroid dienone is 6. The summed E-state index contributed by atoms with van der Waals surface area (Å²) in [6.07, 6.45) is 26.6. The van der Waals surface area contributed by atoms with Gasteiger partial charge in [0.15, 0.2) is 0 Å². The van der Waals surface area contributed by atoms with Crippen molar-refractivity contribution in [1.29, 1.82) is 0 Å². The van der Waals surface area contributed by atoms with Crippen LogP contribution in [-0.2, 0) is 4.79 Å². The number of aliphatic carboxylic acids is 1. The van der Waals surface area contributed by atoms with E-state index >= 15 is 0 Å². The van der Waals surface area contributed by atoms with Gasteiger partial charge in [-0.1, -0.05) is 82.4 Å². The van der Waals surface area contributed by atoms with Gasteiger partial charge in [0.25, 0.3) is 5.97 Å². The van der Waals surface area contributed by atoms with Crippen LogP contribution in [0.4, 0.5) is 0 Å². The first-order valence-corrected chi connectivity index (χ1v) is 8.79. The number of unbranched alkanes of at least 4 members (excludes halogenated alkanes) is 6. The SMILES string of the molecule is CC(=O)O.CCC=CCC=CCC=CCCCCCCCC. The summed E-state index contributed by atoms with van der Waals surface area (Å²) in [5, 5.41) is 7.42. The highest BCUT2D eigenvalue weighted by Gasteiger charge is 1.87. The number of hydrogen-bond donors (Lipinski definition) is 1. The Labute approximate surface area is 138 Å². The highest BCUT2D eigenvalue weighted by Crippen LogP contribution is 2.07. The number of carboxylic acids is 1. The van der Waals surface area contributed by atoms with Crippen LogP contribution < -0.4 is 0 Å². The molecule has 0 saturated heterocycles. The quantitative estimate of drug-likeness (QED) is 0.322. The fourth-order valence-electron chi connectivity index (χ4n) is 1.87. The molecule has 0 amide bonds. The van der Waals surface area contributed by atoms with E-state index in [0.29, 0.717) is 0 Å². The predicted octanol–water partition coefficient (Wildman–Crippen LogP) is 6.69. The molecule has 0 bridgehead atoms. The van der Waals surface area contributed by atoms with Crippen LogP contribution in [0.2, 0.25) is 0 Å². The van der Waals surface area contributed by atoms with Gasteiger partial charge < -0.3 is 5.11 Å². The molecule has 0 saturated carbocycles. The average molecular weight is 309 g/mol. The van der Waals surface area contributed by atoms with Gasteiger partial charge in [-0.25, -0.2) is 0 Å². The second-order valence-electron chi connectivity index (χ2n) is 5.37. The second kappa shape index (κ2) is 22.0. The summed E-state index contributed by atoms with van der Waals surface area (Å²) >= 11 is 0. The Kier molecular flexibility index (Phi) is 22.9. The maximum absolute atomic E-state index is 9.00. The molecule has 0 unspecified atom stereocenters. The third-order valence-electron chi connectivity index (χ3n) is 3.00. The van der Waals surface area contributed by atoms with Crippen molar-refractivity contribution in [3.8, 4) is 0 Å². The molecule has 0 aliphatic carbocycles. The van der Waals surface area contributed by atoms with E-state index in [1.54, 1.807) is 0 Å². The largest absolute Gasteiger partial charge is 0.481 e. The molecule has 22 heavy (non-hydrogen) atoms. The molecule has 0 aromatic heterocycles. The lowest BCUT2D eigenvalue weighted by molar-refractivity contribution is -0.134. The van der Waals surface area contributed by atoms with E-state index in [9.17, 15) is 0 Å². The van der Waals surface area contributed by atoms with Crippen molar-refractivity contribution >= 4 is 5.97 Å². The molecule has 2 nitrogen and oxygen atoms in total. The molecule has 0 fully saturated rings. The minimum Gasteiger partial charge on any atom is -0.481 e. The first kappa shape index (κ1) is 23.0. The summed E-state index contributed by atoms with van der Waals surface area (Å²) in [7, 11) is 0. The zero-order valence-electron chi connectivity index (χ0n) is 14.9. The van der Waals surface area contributed by atoms with Crippen LogP contribution in [0.5, 0.6) is 0 Å². The predicted molar refractivity (Wildman–Crippen MR) is 98.2 cm³/mol. The first-order chi connectivity index (χ1) is 10.6. The van der Waals surface area contributed by atoms with Crippen molar-refractivity contribution in [2.75, 3.05) is 0 Å². The third-order valence-corrected chi connectivity index (χ3v) is 3.00. The summed E-state index contributed by atoms with van der Waals surface area (Å²) in [5.74, 6) is -0.833. The van der Waals surface area contributed by atoms with Gasteiger partial charge in [-0.2, -0.15) is 0 Å². The molecule has 0 radical (unpaired) electrons. The van der Waals surface area contributed by atoms with Gasteiger partial charge in [0.1, 0.15) is 0 Å². The molecule has 0 spiro atoms. The smallest absolute Gasteiger partial charge is 0.300 e. The second-order valence-corrected chi connectivity index (χ2v) is 5.37. The topological polar surface area (TPSA) is 37.3 Å². The molecule has 0 heterocycles. The normalized spacial score (nSPS) is 11.2. The minimum atomic E-state index is -0.833. The fourth-order valence-corrected chi connectivity index (χ4v) is 1.87. The monoisotopic (exact) mass is 308 g/mol. The van der Waals surface area contributed by atoms with Gasteiger partial charge in [0, 0.05) is 6.92 Å². The Morgan fingerprint density at radius 1 is 0.773 bits per heavy atom. The highest BCUT2D eigenvalue weighted by atomic mass is 16.4. The van der Waals surface area contributed by atoms with Gasteiger partial charge in [-0.3, -0.25) is 4.79 Å². The average Bonchev–Trinajstić information content (AvgIpc) is 2.47. The lowest BCUT2D eigenvalue weighted by Gasteiger charge is -1.97. The van der Waals surface area contributed by atoms with E-state index in [1.165, 1.54) is 44.9 Å². The zero-order valence-corrected chi connectivity index (χ0v) is 14.9. The first-order valence-electron chi connectivity index (χ1n) is 8.79. The van der Waals surface area contributed by atoms with Crippen LogP contribution in [0.15, 0.2) is 36.5 Å².